The van der Waals surface area contributed by atoms with E-state index in [0.29, 0.717) is 17.0 Å². The summed E-state index contributed by atoms with van der Waals surface area (Å²) in [5.74, 6) is -0.226. The van der Waals surface area contributed by atoms with Gasteiger partial charge in [0.15, 0.2) is 0 Å². The zero-order chi connectivity index (χ0) is 16.8. The van der Waals surface area contributed by atoms with Gasteiger partial charge in [-0.15, -0.1) is 11.8 Å². The molecule has 120 valence electrons. The van der Waals surface area contributed by atoms with E-state index in [9.17, 15) is 9.59 Å². The topological polar surface area (TPSA) is 55.4 Å². The van der Waals surface area contributed by atoms with Gasteiger partial charge >= 0.3 is 5.97 Å². The quantitative estimate of drug-likeness (QED) is 0.669. The Morgan fingerprint density at radius 2 is 1.91 bits per heavy atom. The Morgan fingerprint density at radius 3 is 2.65 bits per heavy atom. The average molecular weight is 329 g/mol. The summed E-state index contributed by atoms with van der Waals surface area (Å²) in [5.41, 5.74) is 3.32. The Hall–Kier alpha value is -2.27. The second-order valence-corrected chi connectivity index (χ2v) is 6.20. The highest BCUT2D eigenvalue weighted by atomic mass is 32.2. The fourth-order valence-corrected chi connectivity index (χ4v) is 2.97. The van der Waals surface area contributed by atoms with E-state index in [1.807, 2.05) is 13.8 Å². The van der Waals surface area contributed by atoms with E-state index in [2.05, 4.69) is 28.3 Å². The van der Waals surface area contributed by atoms with Crippen molar-refractivity contribution in [3.8, 4) is 0 Å². The van der Waals surface area contributed by atoms with Gasteiger partial charge in [0.1, 0.15) is 0 Å². The molecule has 1 amide bonds. The van der Waals surface area contributed by atoms with Crippen LogP contribution < -0.4 is 5.32 Å². The van der Waals surface area contributed by atoms with Gasteiger partial charge in [0.2, 0.25) is 5.91 Å². The smallest absolute Gasteiger partial charge is 0.337 e. The first-order chi connectivity index (χ1) is 11.0. The highest BCUT2D eigenvalue weighted by molar-refractivity contribution is 8.00. The van der Waals surface area contributed by atoms with Crippen LogP contribution in [0.15, 0.2) is 47.4 Å². The molecule has 23 heavy (non-hydrogen) atoms. The summed E-state index contributed by atoms with van der Waals surface area (Å²) in [7, 11) is 1.33. The van der Waals surface area contributed by atoms with Gasteiger partial charge in [0.25, 0.3) is 0 Å². The molecule has 0 spiro atoms. The van der Waals surface area contributed by atoms with Crippen molar-refractivity contribution in [2.24, 2.45) is 0 Å². The van der Waals surface area contributed by atoms with E-state index < -0.39 is 5.97 Å². The molecule has 0 bridgehead atoms. The van der Waals surface area contributed by atoms with Gasteiger partial charge in [-0.1, -0.05) is 23.8 Å². The predicted octanol–water partition coefficient (Wildman–Crippen LogP) is 3.82. The number of aryl methyl sites for hydroxylation is 2. The average Bonchev–Trinajstić information content (AvgIpc) is 2.55. The number of rotatable bonds is 5. The molecule has 0 aliphatic carbocycles. The van der Waals surface area contributed by atoms with Crippen molar-refractivity contribution in [3.05, 3.63) is 59.2 Å². The summed E-state index contributed by atoms with van der Waals surface area (Å²) in [6.07, 6.45) is 0. The molecule has 1 N–H and O–H groups in total. The minimum Gasteiger partial charge on any atom is -0.465 e. The van der Waals surface area contributed by atoms with Gasteiger partial charge in [0, 0.05) is 10.6 Å². The maximum absolute atomic E-state index is 12.1. The van der Waals surface area contributed by atoms with Crippen LogP contribution in [0.4, 0.5) is 5.69 Å². The Labute approximate surface area is 140 Å². The highest BCUT2D eigenvalue weighted by Gasteiger charge is 2.09. The van der Waals surface area contributed by atoms with Gasteiger partial charge in [-0.3, -0.25) is 4.79 Å². The molecule has 0 saturated heterocycles. The van der Waals surface area contributed by atoms with Crippen LogP contribution in [0.5, 0.6) is 0 Å². The van der Waals surface area contributed by atoms with Crippen LogP contribution in [0.25, 0.3) is 0 Å². The van der Waals surface area contributed by atoms with Crippen molar-refractivity contribution in [2.45, 2.75) is 18.7 Å². The number of carbonyl (C=O) groups is 2. The lowest BCUT2D eigenvalue weighted by Crippen LogP contribution is -2.14. The predicted molar refractivity (Wildman–Crippen MR) is 93.1 cm³/mol. The Bertz CT molecular complexity index is 728. The normalized spacial score (nSPS) is 10.2. The fourth-order valence-electron chi connectivity index (χ4n) is 2.04. The van der Waals surface area contributed by atoms with Crippen molar-refractivity contribution in [3.63, 3.8) is 0 Å². The standard InChI is InChI=1S/C18H19NO3S/c1-12-7-8-13(2)16(9-12)23-11-17(20)19-15-6-4-5-14(10-15)18(21)22-3/h4-10H,11H2,1-3H3,(H,19,20). The Balaban J connectivity index is 1.97. The summed E-state index contributed by atoms with van der Waals surface area (Å²) < 4.78 is 4.67. The first-order valence-corrected chi connectivity index (χ1v) is 8.16. The third kappa shape index (κ3) is 4.86. The molecule has 2 aromatic rings. The molecule has 0 radical (unpaired) electrons. The SMILES string of the molecule is COC(=O)c1cccc(NC(=O)CSc2cc(C)ccc2C)c1. The van der Waals surface area contributed by atoms with Crippen molar-refractivity contribution < 1.29 is 14.3 Å². The third-order valence-corrected chi connectivity index (χ3v) is 4.43. The number of nitrogens with one attached hydrogen (secondary N) is 1. The van der Waals surface area contributed by atoms with Gasteiger partial charge in [-0.2, -0.15) is 0 Å². The number of ether oxygens (including phenoxy) is 1. The summed E-state index contributed by atoms with van der Waals surface area (Å²) >= 11 is 1.50. The van der Waals surface area contributed by atoms with Crippen molar-refractivity contribution in [2.75, 3.05) is 18.2 Å². The highest BCUT2D eigenvalue weighted by Crippen LogP contribution is 2.23. The Kier molecular flexibility index (Phi) is 5.82. The van der Waals surface area contributed by atoms with E-state index >= 15 is 0 Å². The zero-order valence-corrected chi connectivity index (χ0v) is 14.2. The number of benzene rings is 2. The molecule has 0 saturated carbocycles. The van der Waals surface area contributed by atoms with Gasteiger partial charge < -0.3 is 10.1 Å². The number of amides is 1. The maximum Gasteiger partial charge on any atom is 0.337 e. The second kappa shape index (κ2) is 7.83. The number of anilines is 1. The molecular formula is C18H19NO3S. The number of thioether (sulfide) groups is 1. The maximum atomic E-state index is 12.1. The van der Waals surface area contributed by atoms with Crippen LogP contribution in [0, 0.1) is 13.8 Å². The monoisotopic (exact) mass is 329 g/mol. The van der Waals surface area contributed by atoms with E-state index in [1.165, 1.54) is 24.4 Å². The lowest BCUT2D eigenvalue weighted by atomic mass is 10.2. The number of esters is 1. The summed E-state index contributed by atoms with van der Waals surface area (Å²) in [5, 5.41) is 2.80. The van der Waals surface area contributed by atoms with E-state index in [-0.39, 0.29) is 5.91 Å². The van der Waals surface area contributed by atoms with Crippen molar-refractivity contribution >= 4 is 29.3 Å². The fraction of sp³-hybridized carbons (Fsp3) is 0.222. The summed E-state index contributed by atoms with van der Waals surface area (Å²) in [6, 6.07) is 12.9. The molecule has 0 fully saturated rings. The molecule has 2 rings (SSSR count). The number of carbonyl (C=O) groups excluding carboxylic acids is 2. The second-order valence-electron chi connectivity index (χ2n) is 5.18. The molecule has 0 aliphatic rings. The molecule has 0 aliphatic heterocycles. The minimum atomic E-state index is -0.425. The number of hydrogen-bond acceptors (Lipinski definition) is 4. The largest absolute Gasteiger partial charge is 0.465 e. The van der Waals surface area contributed by atoms with Crippen LogP contribution >= 0.6 is 11.8 Å². The number of methoxy groups -OCH3 is 1. The molecule has 0 aromatic heterocycles. The van der Waals surface area contributed by atoms with Crippen LogP contribution in [-0.2, 0) is 9.53 Å². The van der Waals surface area contributed by atoms with Crippen LogP contribution in [0.2, 0.25) is 0 Å². The zero-order valence-electron chi connectivity index (χ0n) is 13.4. The third-order valence-electron chi connectivity index (χ3n) is 3.27. The van der Waals surface area contributed by atoms with Crippen molar-refractivity contribution in [1.29, 1.82) is 0 Å². The summed E-state index contributed by atoms with van der Waals surface area (Å²) in [6.45, 7) is 4.06. The molecular weight excluding hydrogens is 310 g/mol. The van der Waals surface area contributed by atoms with E-state index in [1.54, 1.807) is 24.3 Å². The molecule has 4 nitrogen and oxygen atoms in total. The Morgan fingerprint density at radius 1 is 1.13 bits per heavy atom. The van der Waals surface area contributed by atoms with Gasteiger partial charge in [-0.05, 0) is 43.7 Å². The van der Waals surface area contributed by atoms with Crippen LogP contribution in [0.3, 0.4) is 0 Å². The van der Waals surface area contributed by atoms with Crippen molar-refractivity contribution in [1.82, 2.24) is 0 Å². The molecule has 0 atom stereocenters. The van der Waals surface area contributed by atoms with Gasteiger partial charge in [-0.25, -0.2) is 4.79 Å². The molecule has 2 aromatic carbocycles. The molecule has 0 unspecified atom stereocenters. The van der Waals surface area contributed by atoms with Crippen LogP contribution in [-0.4, -0.2) is 24.7 Å². The lowest BCUT2D eigenvalue weighted by molar-refractivity contribution is -0.113. The first kappa shape index (κ1) is 17.1. The van der Waals surface area contributed by atoms with Gasteiger partial charge in [0.05, 0.1) is 18.4 Å². The first-order valence-electron chi connectivity index (χ1n) is 7.18. The van der Waals surface area contributed by atoms with E-state index in [0.717, 1.165) is 10.5 Å². The summed E-state index contributed by atoms with van der Waals surface area (Å²) in [4.78, 5) is 24.7. The molecule has 5 heteroatoms. The number of hydrogen-bond donors (Lipinski definition) is 1. The molecule has 0 heterocycles. The van der Waals surface area contributed by atoms with Crippen LogP contribution in [0.1, 0.15) is 21.5 Å². The van der Waals surface area contributed by atoms with E-state index in [4.69, 9.17) is 0 Å². The lowest BCUT2D eigenvalue weighted by Gasteiger charge is -2.08. The minimum absolute atomic E-state index is 0.113.